The molecule has 1 heterocycles. The largest absolute Gasteiger partial charge is 0.478 e. The first-order valence-corrected chi connectivity index (χ1v) is 6.29. The zero-order chi connectivity index (χ0) is 13.3. The van der Waals surface area contributed by atoms with Gasteiger partial charge in [-0.05, 0) is 32.5 Å². The van der Waals surface area contributed by atoms with Gasteiger partial charge in [-0.25, -0.2) is 4.79 Å². The lowest BCUT2D eigenvalue weighted by atomic mass is 10.0. The summed E-state index contributed by atoms with van der Waals surface area (Å²) in [5, 5.41) is 9.32. The number of carboxylic acid groups (broad SMARTS) is 1. The van der Waals surface area contributed by atoms with Crippen LogP contribution in [0.2, 0.25) is 0 Å². The Hall–Kier alpha value is -1.55. The molecule has 1 aliphatic heterocycles. The number of anilines is 1. The van der Waals surface area contributed by atoms with Crippen molar-refractivity contribution in [3.63, 3.8) is 0 Å². The number of piperazine rings is 1. The van der Waals surface area contributed by atoms with Gasteiger partial charge in [-0.2, -0.15) is 0 Å². The van der Waals surface area contributed by atoms with Gasteiger partial charge in [-0.3, -0.25) is 0 Å². The van der Waals surface area contributed by atoms with E-state index < -0.39 is 5.97 Å². The van der Waals surface area contributed by atoms with E-state index in [0.29, 0.717) is 11.6 Å². The van der Waals surface area contributed by atoms with E-state index >= 15 is 0 Å². The van der Waals surface area contributed by atoms with E-state index in [9.17, 15) is 9.90 Å². The smallest absolute Gasteiger partial charge is 0.337 e. The van der Waals surface area contributed by atoms with Gasteiger partial charge in [-0.1, -0.05) is 12.1 Å². The third-order valence-corrected chi connectivity index (χ3v) is 3.59. The number of hydrogen-bond acceptors (Lipinski definition) is 3. The molecule has 0 spiro atoms. The van der Waals surface area contributed by atoms with Crippen molar-refractivity contribution >= 4 is 11.7 Å². The monoisotopic (exact) mass is 248 g/mol. The van der Waals surface area contributed by atoms with Crippen LogP contribution in [-0.4, -0.2) is 48.7 Å². The van der Waals surface area contributed by atoms with Crippen molar-refractivity contribution in [2.75, 3.05) is 31.6 Å². The molecule has 98 valence electrons. The van der Waals surface area contributed by atoms with Crippen molar-refractivity contribution in [2.45, 2.75) is 19.9 Å². The minimum atomic E-state index is -0.847. The Morgan fingerprint density at radius 2 is 2.11 bits per heavy atom. The van der Waals surface area contributed by atoms with Crippen LogP contribution in [0.15, 0.2) is 18.2 Å². The van der Waals surface area contributed by atoms with Crippen LogP contribution in [0.3, 0.4) is 0 Å². The summed E-state index contributed by atoms with van der Waals surface area (Å²) in [5.74, 6) is -0.847. The van der Waals surface area contributed by atoms with Gasteiger partial charge >= 0.3 is 5.97 Å². The van der Waals surface area contributed by atoms with E-state index in [2.05, 4.69) is 23.8 Å². The Balaban J connectivity index is 2.41. The summed E-state index contributed by atoms with van der Waals surface area (Å²) >= 11 is 0. The zero-order valence-corrected chi connectivity index (χ0v) is 11.2. The first kappa shape index (κ1) is 12.9. The van der Waals surface area contributed by atoms with Gasteiger partial charge < -0.3 is 14.9 Å². The highest BCUT2D eigenvalue weighted by Gasteiger charge is 2.26. The van der Waals surface area contributed by atoms with Crippen LogP contribution >= 0.6 is 0 Å². The quantitative estimate of drug-likeness (QED) is 0.867. The fourth-order valence-corrected chi connectivity index (χ4v) is 2.68. The Morgan fingerprint density at radius 3 is 2.72 bits per heavy atom. The average Bonchev–Trinajstić information content (AvgIpc) is 2.29. The molecule has 4 heteroatoms. The highest BCUT2D eigenvalue weighted by molar-refractivity contribution is 5.95. The predicted octanol–water partition coefficient (Wildman–Crippen LogP) is 1.83. The van der Waals surface area contributed by atoms with Crippen LogP contribution in [0.4, 0.5) is 5.69 Å². The summed E-state index contributed by atoms with van der Waals surface area (Å²) in [6, 6.07) is 5.81. The van der Waals surface area contributed by atoms with E-state index in [4.69, 9.17) is 0 Å². The van der Waals surface area contributed by atoms with E-state index in [1.165, 1.54) is 0 Å². The minimum Gasteiger partial charge on any atom is -0.478 e. The van der Waals surface area contributed by atoms with Crippen LogP contribution in [0.5, 0.6) is 0 Å². The second kappa shape index (κ2) is 4.98. The van der Waals surface area contributed by atoms with Crippen molar-refractivity contribution in [1.29, 1.82) is 0 Å². The molecule has 1 unspecified atom stereocenters. The van der Waals surface area contributed by atoms with Crippen LogP contribution in [0, 0.1) is 6.92 Å². The molecule has 1 fully saturated rings. The molecule has 2 rings (SSSR count). The van der Waals surface area contributed by atoms with Crippen LogP contribution in [-0.2, 0) is 0 Å². The second-order valence-electron chi connectivity index (χ2n) is 5.08. The lowest BCUT2D eigenvalue weighted by molar-refractivity contribution is 0.0697. The molecular formula is C14H20N2O2. The maximum atomic E-state index is 11.4. The second-order valence-corrected chi connectivity index (χ2v) is 5.08. The fraction of sp³-hybridized carbons (Fsp3) is 0.500. The number of carbonyl (C=O) groups is 1. The molecule has 1 aromatic rings. The third kappa shape index (κ3) is 2.34. The van der Waals surface area contributed by atoms with E-state index in [-0.39, 0.29) is 0 Å². The summed E-state index contributed by atoms with van der Waals surface area (Å²) in [4.78, 5) is 15.8. The molecule has 1 saturated heterocycles. The average molecular weight is 248 g/mol. The molecule has 0 saturated carbocycles. The molecular weight excluding hydrogens is 228 g/mol. The summed E-state index contributed by atoms with van der Waals surface area (Å²) < 4.78 is 0. The summed E-state index contributed by atoms with van der Waals surface area (Å²) in [6.45, 7) is 6.94. The molecule has 1 aromatic carbocycles. The SMILES string of the molecule is Cc1cccc(C(=O)O)c1N1CCN(C)CC1C. The highest BCUT2D eigenvalue weighted by atomic mass is 16.4. The molecule has 1 atom stereocenters. The number of aromatic carboxylic acids is 1. The van der Waals surface area contributed by atoms with E-state index in [0.717, 1.165) is 30.9 Å². The number of rotatable bonds is 2. The number of carboxylic acids is 1. The zero-order valence-electron chi connectivity index (χ0n) is 11.2. The van der Waals surface area contributed by atoms with Crippen molar-refractivity contribution in [3.8, 4) is 0 Å². The Kier molecular flexibility index (Phi) is 3.57. The van der Waals surface area contributed by atoms with Crippen LogP contribution in [0.1, 0.15) is 22.8 Å². The van der Waals surface area contributed by atoms with E-state index in [1.54, 1.807) is 6.07 Å². The Labute approximate surface area is 108 Å². The number of benzene rings is 1. The van der Waals surface area contributed by atoms with Crippen LogP contribution in [0.25, 0.3) is 0 Å². The van der Waals surface area contributed by atoms with Gasteiger partial charge in [0, 0.05) is 25.7 Å². The molecule has 0 aromatic heterocycles. The summed E-state index contributed by atoms with van der Waals surface area (Å²) in [6.07, 6.45) is 0. The third-order valence-electron chi connectivity index (χ3n) is 3.59. The molecule has 1 N–H and O–H groups in total. The summed E-state index contributed by atoms with van der Waals surface area (Å²) in [5.41, 5.74) is 2.32. The van der Waals surface area contributed by atoms with Gasteiger partial charge in [0.1, 0.15) is 0 Å². The molecule has 18 heavy (non-hydrogen) atoms. The first-order valence-electron chi connectivity index (χ1n) is 6.29. The minimum absolute atomic E-state index is 0.336. The molecule has 0 bridgehead atoms. The van der Waals surface area contributed by atoms with Crippen molar-refractivity contribution in [1.82, 2.24) is 4.90 Å². The van der Waals surface area contributed by atoms with Gasteiger partial charge in [0.05, 0.1) is 11.3 Å². The first-order chi connectivity index (χ1) is 8.50. The number of hydrogen-bond donors (Lipinski definition) is 1. The van der Waals surface area contributed by atoms with Gasteiger partial charge in [0.25, 0.3) is 0 Å². The predicted molar refractivity (Wildman–Crippen MR) is 72.4 cm³/mol. The lowest BCUT2D eigenvalue weighted by Gasteiger charge is -2.41. The summed E-state index contributed by atoms with van der Waals surface area (Å²) in [7, 11) is 2.10. The van der Waals surface area contributed by atoms with Crippen molar-refractivity contribution in [3.05, 3.63) is 29.3 Å². The van der Waals surface area contributed by atoms with E-state index in [1.807, 2.05) is 19.1 Å². The van der Waals surface area contributed by atoms with Gasteiger partial charge in [0.15, 0.2) is 0 Å². The molecule has 4 nitrogen and oxygen atoms in total. The topological polar surface area (TPSA) is 43.8 Å². The molecule has 0 amide bonds. The molecule has 0 radical (unpaired) electrons. The normalized spacial score (nSPS) is 21.1. The number of likely N-dealkylation sites (N-methyl/N-ethyl adjacent to an activating group) is 1. The Morgan fingerprint density at radius 1 is 1.39 bits per heavy atom. The fourth-order valence-electron chi connectivity index (χ4n) is 2.68. The Bertz CT molecular complexity index is 459. The van der Waals surface area contributed by atoms with Gasteiger partial charge in [0.2, 0.25) is 0 Å². The number of para-hydroxylation sites is 1. The lowest BCUT2D eigenvalue weighted by Crippen LogP contribution is -2.51. The standard InChI is InChI=1S/C14H20N2O2/c1-10-5-4-6-12(14(17)18)13(10)16-8-7-15(3)9-11(16)2/h4-6,11H,7-9H2,1-3H3,(H,17,18). The highest BCUT2D eigenvalue weighted by Crippen LogP contribution is 2.28. The molecule has 0 aliphatic carbocycles. The van der Waals surface area contributed by atoms with Crippen molar-refractivity contribution < 1.29 is 9.90 Å². The number of nitrogens with zero attached hydrogens (tertiary/aromatic N) is 2. The maximum Gasteiger partial charge on any atom is 0.337 e. The van der Waals surface area contributed by atoms with Gasteiger partial charge in [-0.15, -0.1) is 0 Å². The van der Waals surface area contributed by atoms with Crippen molar-refractivity contribution in [2.24, 2.45) is 0 Å². The maximum absolute atomic E-state index is 11.4. The van der Waals surface area contributed by atoms with Crippen LogP contribution < -0.4 is 4.90 Å². The number of aryl methyl sites for hydroxylation is 1. The molecule has 1 aliphatic rings.